The highest BCUT2D eigenvalue weighted by molar-refractivity contribution is 8.35. The minimum atomic E-state index is -4.07. The van der Waals surface area contributed by atoms with Crippen LogP contribution in [0.1, 0.15) is 409 Å². The van der Waals surface area contributed by atoms with Gasteiger partial charge in [-0.15, -0.1) is 30.9 Å². The van der Waals surface area contributed by atoms with E-state index in [1.165, 1.54) is 347 Å². The summed E-state index contributed by atoms with van der Waals surface area (Å²) in [6, 6.07) is 0. The minimum absolute atomic E-state index is 1.09. The van der Waals surface area contributed by atoms with Crippen LogP contribution in [-0.2, 0) is 16.5 Å². The predicted octanol–water partition coefficient (Wildman–Crippen LogP) is 28.5. The van der Waals surface area contributed by atoms with Gasteiger partial charge in [0.25, 0.3) is 0 Å². The molecule has 0 amide bonds. The maximum atomic E-state index is 17.8. The molecule has 0 saturated heterocycles. The zero-order chi connectivity index (χ0) is 58.7. The lowest BCUT2D eigenvalue weighted by molar-refractivity contribution is 0.331. The van der Waals surface area contributed by atoms with Crippen LogP contribution >= 0.6 is 38.7 Å². The molecule has 4 nitrogen and oxygen atoms in total. The molecule has 0 aliphatic heterocycles. The van der Waals surface area contributed by atoms with Gasteiger partial charge in [0.1, 0.15) is 0 Å². The van der Waals surface area contributed by atoms with E-state index in [9.17, 15) is 0 Å². The van der Waals surface area contributed by atoms with Crippen molar-refractivity contribution in [2.75, 3.05) is 51.8 Å². The second-order valence-corrected chi connectivity index (χ2v) is 38.0. The first-order chi connectivity index (χ1) is 39.2. The average Bonchev–Trinajstić information content (AvgIpc) is 3.47. The molecule has 0 rings (SSSR count). The Bertz CT molecular complexity index is 999. The molecule has 0 aliphatic carbocycles. The summed E-state index contributed by atoms with van der Waals surface area (Å²) in [4.78, 5) is 0. The zero-order valence-electron chi connectivity index (χ0n) is 56.9. The van der Waals surface area contributed by atoms with Crippen LogP contribution in [0.25, 0.3) is 0 Å². The van der Waals surface area contributed by atoms with Gasteiger partial charge in [0.2, 0.25) is 0 Å². The molecule has 80 heavy (non-hydrogen) atoms. The zero-order valence-corrected chi connectivity index (χ0v) is 60.2. The molecule has 0 fully saturated rings. The standard InChI is InChI=1S/C72H153O4PS3/c1-10-19-28-37-46-55-64-78(65-56-47-38-29-20-11-2,66-57-48-39-30-21-12-3)74-77(73,75-79(67-58-49-40-31-22-13-4,68-59-50-41-32-23-14-5)69-60-51-42-33-24-15-6)76-80(70-61-52-43-34-25-16-7,71-62-53-44-35-26-17-8)72-63-54-45-36-27-18-9/h10-72H2,1-9H3. The van der Waals surface area contributed by atoms with Crippen LogP contribution < -0.4 is 0 Å². The SMILES string of the molecule is CCCCCCCCS(CCCCCCCC)(CCCCCCCC)OP(=O)(OS(CCCCCCCC)(CCCCCCCC)CCCCCCCC)OS(CCCCCCCC)(CCCCCCCC)CCCCCCCC. The Hall–Kier alpha value is 1.16. The van der Waals surface area contributed by atoms with E-state index >= 15 is 4.57 Å². The number of hydrogen-bond acceptors (Lipinski definition) is 4. The number of unbranched alkanes of at least 4 members (excludes halogenated alkanes) is 45. The molecule has 488 valence electrons. The summed E-state index contributed by atoms with van der Waals surface area (Å²) in [5.74, 6) is 9.78. The van der Waals surface area contributed by atoms with Gasteiger partial charge in [-0.05, 0) is 110 Å². The Labute approximate surface area is 512 Å². The monoisotopic (exact) mass is 1210 g/mol. The third-order valence-corrected chi connectivity index (χ3v) is 32.9. The van der Waals surface area contributed by atoms with E-state index in [2.05, 4.69) is 62.3 Å². The third kappa shape index (κ3) is 48.2. The van der Waals surface area contributed by atoms with Crippen molar-refractivity contribution in [3.63, 3.8) is 0 Å². The Morgan fingerprint density at radius 3 is 0.388 bits per heavy atom. The quantitative estimate of drug-likeness (QED) is 0.0450. The molecule has 0 aromatic rings. The van der Waals surface area contributed by atoms with Crippen molar-refractivity contribution in [3.8, 4) is 0 Å². The molecular formula is C72H153O4PS3. The predicted molar refractivity (Wildman–Crippen MR) is 378 cm³/mol. The number of phosphoric acid groups is 1. The maximum Gasteiger partial charge on any atom is 0.503 e. The normalized spacial score (nSPS) is 13.3. The second-order valence-electron chi connectivity index (χ2n) is 25.8. The molecule has 8 heteroatoms. The first-order valence-electron chi connectivity index (χ1n) is 37.2. The van der Waals surface area contributed by atoms with Crippen molar-refractivity contribution in [2.45, 2.75) is 409 Å². The van der Waals surface area contributed by atoms with Crippen LogP contribution in [-0.4, -0.2) is 51.8 Å². The molecule has 0 aromatic heterocycles. The van der Waals surface area contributed by atoms with Crippen molar-refractivity contribution < 1.29 is 16.5 Å². The molecule has 0 saturated carbocycles. The lowest BCUT2D eigenvalue weighted by Gasteiger charge is -2.49. The highest BCUT2D eigenvalue weighted by atomic mass is 32.3. The van der Waals surface area contributed by atoms with Gasteiger partial charge in [-0.3, -0.25) is 0 Å². The molecule has 0 N–H and O–H groups in total. The summed E-state index contributed by atoms with van der Waals surface area (Å²) in [6.07, 6.45) is 69.6. The summed E-state index contributed by atoms with van der Waals surface area (Å²) < 4.78 is 42.5. The van der Waals surface area contributed by atoms with E-state index in [-0.39, 0.29) is 0 Å². The minimum Gasteiger partial charge on any atom is -0.236 e. The first-order valence-corrected chi connectivity index (χ1v) is 44.8. The Morgan fingerprint density at radius 2 is 0.275 bits per heavy atom. The molecule has 0 aromatic carbocycles. The summed E-state index contributed by atoms with van der Waals surface area (Å²) in [5.41, 5.74) is 0. The molecule has 0 heterocycles. The first kappa shape index (κ1) is 81.2. The molecular weight excluding hydrogens is 1060 g/mol. The van der Waals surface area contributed by atoms with Crippen molar-refractivity contribution in [3.05, 3.63) is 0 Å². The van der Waals surface area contributed by atoms with E-state index in [0.717, 1.165) is 51.8 Å². The fraction of sp³-hybridized carbons (Fsp3) is 1.00. The fourth-order valence-corrected chi connectivity index (χ4v) is 28.9. The number of rotatable bonds is 69. The molecule has 0 aliphatic rings. The van der Waals surface area contributed by atoms with Gasteiger partial charge in [0.05, 0.1) is 0 Å². The third-order valence-electron chi connectivity index (χ3n) is 17.6. The van der Waals surface area contributed by atoms with Gasteiger partial charge < -0.3 is 0 Å². The van der Waals surface area contributed by atoms with Gasteiger partial charge in [-0.1, -0.05) is 351 Å². The van der Waals surface area contributed by atoms with Gasteiger partial charge in [0, 0.05) is 0 Å². The van der Waals surface area contributed by atoms with Crippen molar-refractivity contribution in [1.82, 2.24) is 0 Å². The van der Waals surface area contributed by atoms with Gasteiger partial charge in [-0.2, -0.15) is 0 Å². The van der Waals surface area contributed by atoms with E-state index in [0.29, 0.717) is 0 Å². The van der Waals surface area contributed by atoms with E-state index in [4.69, 9.17) is 11.9 Å². The highest BCUT2D eigenvalue weighted by Gasteiger charge is 2.47. The van der Waals surface area contributed by atoms with Crippen LogP contribution in [0.15, 0.2) is 0 Å². The molecule has 0 radical (unpaired) electrons. The van der Waals surface area contributed by atoms with E-state index in [1.54, 1.807) is 0 Å². The molecule has 0 unspecified atom stereocenters. The molecule has 0 bridgehead atoms. The van der Waals surface area contributed by atoms with Gasteiger partial charge in [-0.25, -0.2) is 16.5 Å². The van der Waals surface area contributed by atoms with Crippen molar-refractivity contribution in [2.24, 2.45) is 0 Å². The summed E-state index contributed by atoms with van der Waals surface area (Å²) >= 11 is 0. The summed E-state index contributed by atoms with van der Waals surface area (Å²) in [7, 11) is -9.40. The Balaban J connectivity index is 8.44. The summed E-state index contributed by atoms with van der Waals surface area (Å²) in [6.45, 7) is 21.1. The lowest BCUT2D eigenvalue weighted by atomic mass is 10.1. The Kier molecular flexibility index (Phi) is 61.3. The highest BCUT2D eigenvalue weighted by Crippen LogP contribution is 2.78. The average molecular weight is 1210 g/mol. The van der Waals surface area contributed by atoms with Crippen LogP contribution in [0.2, 0.25) is 0 Å². The lowest BCUT2D eigenvalue weighted by Crippen LogP contribution is -2.24. The van der Waals surface area contributed by atoms with Crippen LogP contribution in [0.5, 0.6) is 0 Å². The maximum absolute atomic E-state index is 17.8. The fourth-order valence-electron chi connectivity index (χ4n) is 12.2. The number of hydrogen-bond donors (Lipinski definition) is 0. The molecule has 0 atom stereocenters. The van der Waals surface area contributed by atoms with E-state index in [1.807, 2.05) is 0 Å². The van der Waals surface area contributed by atoms with Crippen LogP contribution in [0.4, 0.5) is 0 Å². The summed E-state index contributed by atoms with van der Waals surface area (Å²) in [5, 5.41) is 0. The van der Waals surface area contributed by atoms with Gasteiger partial charge >= 0.3 is 7.82 Å². The second kappa shape index (κ2) is 60.4. The topological polar surface area (TPSA) is 44.8 Å². The van der Waals surface area contributed by atoms with E-state index < -0.39 is 38.7 Å². The molecule has 0 spiro atoms. The van der Waals surface area contributed by atoms with Crippen molar-refractivity contribution >= 4 is 38.7 Å². The van der Waals surface area contributed by atoms with Gasteiger partial charge in [0.15, 0.2) is 0 Å². The smallest absolute Gasteiger partial charge is 0.236 e. The van der Waals surface area contributed by atoms with Crippen LogP contribution in [0, 0.1) is 0 Å². The van der Waals surface area contributed by atoms with Crippen LogP contribution in [0.3, 0.4) is 0 Å². The Morgan fingerprint density at radius 1 is 0.175 bits per heavy atom. The largest absolute Gasteiger partial charge is 0.503 e. The van der Waals surface area contributed by atoms with Crippen molar-refractivity contribution in [1.29, 1.82) is 0 Å².